The Kier molecular flexibility index (Phi) is 4.86. The number of hydrogen-bond acceptors (Lipinski definition) is 7. The van der Waals surface area contributed by atoms with Gasteiger partial charge >= 0.3 is 5.69 Å². The zero-order valence-corrected chi connectivity index (χ0v) is 15.6. The number of hydrogen-bond donors (Lipinski definition) is 2. The number of aryl methyl sites for hydroxylation is 1. The van der Waals surface area contributed by atoms with Gasteiger partial charge in [0, 0.05) is 12.6 Å². The van der Waals surface area contributed by atoms with Gasteiger partial charge in [0.05, 0.1) is 15.1 Å². The van der Waals surface area contributed by atoms with E-state index in [4.69, 9.17) is 0 Å². The average Bonchev–Trinajstić information content (AvgIpc) is 3.06. The summed E-state index contributed by atoms with van der Waals surface area (Å²) in [5.41, 5.74) is 1.77. The molecule has 140 valence electrons. The minimum absolute atomic E-state index is 0.0839. The molecule has 0 spiro atoms. The minimum Gasteiger partial charge on any atom is -0.324 e. The number of nitro groups is 1. The zero-order chi connectivity index (χ0) is 19.7. The topological polar surface area (TPSA) is 132 Å². The number of nitrogens with zero attached hydrogens (tertiary/aromatic N) is 4. The number of thiazole rings is 1. The Morgan fingerprint density at radius 1 is 1.30 bits per heavy atom. The van der Waals surface area contributed by atoms with Crippen LogP contribution in [0.2, 0.25) is 0 Å². The van der Waals surface area contributed by atoms with Gasteiger partial charge in [-0.2, -0.15) is 5.10 Å². The third-order valence-electron chi connectivity index (χ3n) is 3.77. The molecule has 10 nitrogen and oxygen atoms in total. The van der Waals surface area contributed by atoms with Crippen LogP contribution in [0.3, 0.4) is 0 Å². The number of amides is 2. The van der Waals surface area contributed by atoms with E-state index in [0.717, 1.165) is 4.70 Å². The van der Waals surface area contributed by atoms with Crippen LogP contribution in [0.25, 0.3) is 10.2 Å². The molecule has 0 bridgehead atoms. The summed E-state index contributed by atoms with van der Waals surface area (Å²) < 4.78 is 2.11. The van der Waals surface area contributed by atoms with Crippen molar-refractivity contribution in [1.82, 2.24) is 14.8 Å². The van der Waals surface area contributed by atoms with Crippen LogP contribution in [0.15, 0.2) is 18.2 Å². The van der Waals surface area contributed by atoms with E-state index >= 15 is 0 Å². The monoisotopic (exact) mass is 388 g/mol. The smallest absolute Gasteiger partial charge is 0.312 e. The Balaban J connectivity index is 1.75. The van der Waals surface area contributed by atoms with Gasteiger partial charge in [-0.3, -0.25) is 24.4 Å². The summed E-state index contributed by atoms with van der Waals surface area (Å²) in [5, 5.41) is 21.0. The number of nitrogens with one attached hydrogen (secondary N) is 2. The molecule has 11 heteroatoms. The van der Waals surface area contributed by atoms with Crippen molar-refractivity contribution in [2.45, 2.75) is 27.3 Å². The van der Waals surface area contributed by atoms with Crippen molar-refractivity contribution in [3.05, 3.63) is 39.7 Å². The van der Waals surface area contributed by atoms with Gasteiger partial charge in [-0.05, 0) is 32.0 Å². The number of fused-ring (bicyclic) bond motifs is 1. The highest BCUT2D eigenvalue weighted by molar-refractivity contribution is 7.22. The summed E-state index contributed by atoms with van der Waals surface area (Å²) in [4.78, 5) is 38.2. The van der Waals surface area contributed by atoms with E-state index in [-0.39, 0.29) is 29.7 Å². The van der Waals surface area contributed by atoms with Crippen molar-refractivity contribution >= 4 is 49.9 Å². The van der Waals surface area contributed by atoms with E-state index in [1.165, 1.54) is 29.9 Å². The molecule has 3 rings (SSSR count). The van der Waals surface area contributed by atoms with Gasteiger partial charge in [-0.25, -0.2) is 4.98 Å². The largest absolute Gasteiger partial charge is 0.324 e. The molecule has 0 unspecified atom stereocenters. The summed E-state index contributed by atoms with van der Waals surface area (Å²) >= 11 is 1.29. The molecular formula is C16H16N6O4S. The Labute approximate surface area is 157 Å². The van der Waals surface area contributed by atoms with E-state index in [9.17, 15) is 19.7 Å². The van der Waals surface area contributed by atoms with Crippen molar-refractivity contribution < 1.29 is 14.5 Å². The highest BCUT2D eigenvalue weighted by Gasteiger charge is 2.22. The first-order chi connectivity index (χ1) is 12.7. The first-order valence-corrected chi connectivity index (χ1v) is 8.72. The van der Waals surface area contributed by atoms with Gasteiger partial charge in [0.2, 0.25) is 11.8 Å². The number of carbonyl (C=O) groups excluding carboxylic acids is 2. The molecule has 0 aliphatic rings. The maximum atomic E-state index is 12.3. The summed E-state index contributed by atoms with van der Waals surface area (Å²) in [6.07, 6.45) is 0. The second kappa shape index (κ2) is 7.11. The standard InChI is InChI=1S/C16H16N6O4S/c1-8-15(22(25)26)9(2)21(20-8)7-14(24)18-11-4-5-12-13(6-11)27-16(19-12)17-10(3)23/h4-6H,7H2,1-3H3,(H,18,24)(H,17,19,23). The lowest BCUT2D eigenvalue weighted by Gasteiger charge is -2.06. The molecule has 0 radical (unpaired) electrons. The first kappa shape index (κ1) is 18.5. The molecule has 0 saturated carbocycles. The molecule has 0 atom stereocenters. The van der Waals surface area contributed by atoms with Gasteiger partial charge in [0.25, 0.3) is 0 Å². The molecule has 2 heterocycles. The molecule has 2 N–H and O–H groups in total. The summed E-state index contributed by atoms with van der Waals surface area (Å²) in [6.45, 7) is 4.35. The number of carbonyl (C=O) groups is 2. The molecular weight excluding hydrogens is 372 g/mol. The molecule has 27 heavy (non-hydrogen) atoms. The number of benzene rings is 1. The fourth-order valence-electron chi connectivity index (χ4n) is 2.65. The third-order valence-corrected chi connectivity index (χ3v) is 4.71. The quantitative estimate of drug-likeness (QED) is 0.510. The maximum absolute atomic E-state index is 12.3. The van der Waals surface area contributed by atoms with Crippen molar-refractivity contribution in [3.8, 4) is 0 Å². The van der Waals surface area contributed by atoms with Gasteiger partial charge in [-0.15, -0.1) is 0 Å². The van der Waals surface area contributed by atoms with Crippen molar-refractivity contribution in [1.29, 1.82) is 0 Å². The Morgan fingerprint density at radius 2 is 2.04 bits per heavy atom. The number of anilines is 2. The normalized spacial score (nSPS) is 10.8. The van der Waals surface area contributed by atoms with Crippen LogP contribution >= 0.6 is 11.3 Å². The Hall–Kier alpha value is -3.34. The van der Waals surface area contributed by atoms with Crippen LogP contribution in [0, 0.1) is 24.0 Å². The lowest BCUT2D eigenvalue weighted by atomic mass is 10.3. The van der Waals surface area contributed by atoms with Crippen molar-refractivity contribution in [3.63, 3.8) is 0 Å². The maximum Gasteiger partial charge on any atom is 0.312 e. The van der Waals surface area contributed by atoms with Gasteiger partial charge < -0.3 is 10.6 Å². The predicted octanol–water partition coefficient (Wildman–Crippen LogP) is 2.61. The summed E-state index contributed by atoms with van der Waals surface area (Å²) in [5.74, 6) is -0.567. The highest BCUT2D eigenvalue weighted by Crippen LogP contribution is 2.28. The van der Waals surface area contributed by atoms with Crippen LogP contribution in [-0.2, 0) is 16.1 Å². The molecule has 0 fully saturated rings. The molecule has 2 aromatic heterocycles. The first-order valence-electron chi connectivity index (χ1n) is 7.91. The van der Waals surface area contributed by atoms with Gasteiger partial charge in [0.1, 0.15) is 17.9 Å². The van der Waals surface area contributed by atoms with Gasteiger partial charge in [0.15, 0.2) is 5.13 Å². The Morgan fingerprint density at radius 3 is 2.67 bits per heavy atom. The molecule has 3 aromatic rings. The SMILES string of the molecule is CC(=O)Nc1nc2ccc(NC(=O)Cn3nc(C)c([N+](=O)[O-])c3C)cc2s1. The lowest BCUT2D eigenvalue weighted by Crippen LogP contribution is -2.20. The van der Waals surface area contributed by atoms with Gasteiger partial charge in [-0.1, -0.05) is 11.3 Å². The minimum atomic E-state index is -0.504. The van der Waals surface area contributed by atoms with Crippen LogP contribution in [0.1, 0.15) is 18.3 Å². The molecule has 0 saturated heterocycles. The molecule has 1 aromatic carbocycles. The Bertz CT molecular complexity index is 1070. The lowest BCUT2D eigenvalue weighted by molar-refractivity contribution is -0.386. The second-order valence-corrected chi connectivity index (χ2v) is 6.90. The van der Waals surface area contributed by atoms with E-state index in [2.05, 4.69) is 20.7 Å². The molecule has 2 amide bonds. The summed E-state index contributed by atoms with van der Waals surface area (Å²) in [7, 11) is 0. The van der Waals surface area contributed by atoms with Crippen molar-refractivity contribution in [2.24, 2.45) is 0 Å². The van der Waals surface area contributed by atoms with E-state index in [0.29, 0.717) is 22.0 Å². The van der Waals surface area contributed by atoms with Crippen LogP contribution in [0.4, 0.5) is 16.5 Å². The number of aromatic nitrogens is 3. The van der Waals surface area contributed by atoms with E-state index < -0.39 is 4.92 Å². The number of rotatable bonds is 5. The van der Waals surface area contributed by atoms with Crippen LogP contribution in [-0.4, -0.2) is 31.5 Å². The molecule has 0 aliphatic heterocycles. The van der Waals surface area contributed by atoms with Crippen LogP contribution < -0.4 is 10.6 Å². The predicted molar refractivity (Wildman–Crippen MR) is 101 cm³/mol. The highest BCUT2D eigenvalue weighted by atomic mass is 32.1. The van der Waals surface area contributed by atoms with E-state index in [1.54, 1.807) is 25.1 Å². The zero-order valence-electron chi connectivity index (χ0n) is 14.8. The average molecular weight is 388 g/mol. The second-order valence-electron chi connectivity index (χ2n) is 5.87. The third kappa shape index (κ3) is 3.92. The van der Waals surface area contributed by atoms with E-state index in [1.807, 2.05) is 0 Å². The van der Waals surface area contributed by atoms with Crippen LogP contribution in [0.5, 0.6) is 0 Å². The van der Waals surface area contributed by atoms with Crippen molar-refractivity contribution in [2.75, 3.05) is 10.6 Å². The summed E-state index contributed by atoms with van der Waals surface area (Å²) in [6, 6.07) is 5.18. The molecule has 0 aliphatic carbocycles. The fraction of sp³-hybridized carbons (Fsp3) is 0.250. The fourth-order valence-corrected chi connectivity index (χ4v) is 3.60.